The van der Waals surface area contributed by atoms with E-state index < -0.39 is 0 Å². The SMILES string of the molecule is O=C(NCCn1cccn1)c1cncc(Cl)n1. The molecule has 0 fully saturated rings. The zero-order valence-electron chi connectivity index (χ0n) is 8.88. The summed E-state index contributed by atoms with van der Waals surface area (Å²) >= 11 is 5.64. The maximum Gasteiger partial charge on any atom is 0.271 e. The monoisotopic (exact) mass is 251 g/mol. The van der Waals surface area contributed by atoms with E-state index in [2.05, 4.69) is 20.4 Å². The van der Waals surface area contributed by atoms with Gasteiger partial charge in [-0.25, -0.2) is 4.98 Å². The molecule has 0 atom stereocenters. The minimum atomic E-state index is -0.299. The van der Waals surface area contributed by atoms with Gasteiger partial charge in [0.15, 0.2) is 0 Å². The van der Waals surface area contributed by atoms with Crippen molar-refractivity contribution in [2.45, 2.75) is 6.54 Å². The molecule has 7 heteroatoms. The summed E-state index contributed by atoms with van der Waals surface area (Å²) < 4.78 is 1.73. The van der Waals surface area contributed by atoms with Crippen LogP contribution in [0.25, 0.3) is 0 Å². The van der Waals surface area contributed by atoms with E-state index in [0.29, 0.717) is 13.1 Å². The van der Waals surface area contributed by atoms with Crippen molar-refractivity contribution in [3.8, 4) is 0 Å². The van der Waals surface area contributed by atoms with Crippen LogP contribution < -0.4 is 5.32 Å². The number of amides is 1. The van der Waals surface area contributed by atoms with Gasteiger partial charge in [-0.2, -0.15) is 5.10 Å². The molecule has 6 nitrogen and oxygen atoms in total. The van der Waals surface area contributed by atoms with Crippen molar-refractivity contribution >= 4 is 17.5 Å². The molecule has 1 amide bonds. The van der Waals surface area contributed by atoms with Gasteiger partial charge < -0.3 is 5.32 Å². The summed E-state index contributed by atoms with van der Waals surface area (Å²) in [4.78, 5) is 19.3. The van der Waals surface area contributed by atoms with Crippen LogP contribution in [0.1, 0.15) is 10.5 Å². The number of nitrogens with zero attached hydrogens (tertiary/aromatic N) is 4. The molecule has 0 saturated heterocycles. The summed E-state index contributed by atoms with van der Waals surface area (Å²) in [6.45, 7) is 1.07. The zero-order valence-corrected chi connectivity index (χ0v) is 9.63. The Morgan fingerprint density at radius 1 is 1.47 bits per heavy atom. The number of aromatic nitrogens is 4. The van der Waals surface area contributed by atoms with Crippen LogP contribution in [0, 0.1) is 0 Å². The molecule has 1 N–H and O–H groups in total. The zero-order chi connectivity index (χ0) is 12.1. The minimum Gasteiger partial charge on any atom is -0.349 e. The molecule has 0 radical (unpaired) electrons. The van der Waals surface area contributed by atoms with E-state index in [-0.39, 0.29) is 16.8 Å². The summed E-state index contributed by atoms with van der Waals surface area (Å²) in [7, 11) is 0. The van der Waals surface area contributed by atoms with Gasteiger partial charge in [-0.05, 0) is 6.07 Å². The molecule has 0 aliphatic rings. The molecule has 0 unspecified atom stereocenters. The average Bonchev–Trinajstić information content (AvgIpc) is 2.82. The van der Waals surface area contributed by atoms with Gasteiger partial charge in [0.1, 0.15) is 10.8 Å². The van der Waals surface area contributed by atoms with E-state index in [1.807, 2.05) is 12.3 Å². The van der Waals surface area contributed by atoms with Gasteiger partial charge >= 0.3 is 0 Å². The van der Waals surface area contributed by atoms with Gasteiger partial charge in [0.05, 0.1) is 18.9 Å². The third-order valence-electron chi connectivity index (χ3n) is 2.02. The van der Waals surface area contributed by atoms with E-state index in [1.54, 1.807) is 10.9 Å². The highest BCUT2D eigenvalue weighted by atomic mass is 35.5. The van der Waals surface area contributed by atoms with Crippen LogP contribution in [0.3, 0.4) is 0 Å². The molecule has 0 aromatic carbocycles. The Balaban J connectivity index is 1.85. The highest BCUT2D eigenvalue weighted by Gasteiger charge is 2.07. The first kappa shape index (κ1) is 11.5. The lowest BCUT2D eigenvalue weighted by molar-refractivity contribution is 0.0946. The number of carbonyl (C=O) groups is 1. The third kappa shape index (κ3) is 3.25. The van der Waals surface area contributed by atoms with Crippen molar-refractivity contribution in [1.29, 1.82) is 0 Å². The summed E-state index contributed by atoms with van der Waals surface area (Å²) in [5.41, 5.74) is 0.206. The minimum absolute atomic E-state index is 0.199. The number of halogens is 1. The Labute approximate surface area is 103 Å². The van der Waals surface area contributed by atoms with Gasteiger partial charge in [-0.15, -0.1) is 0 Å². The van der Waals surface area contributed by atoms with Crippen LogP contribution in [0.4, 0.5) is 0 Å². The fraction of sp³-hybridized carbons (Fsp3) is 0.200. The van der Waals surface area contributed by atoms with Crippen molar-refractivity contribution in [3.05, 3.63) is 41.7 Å². The lowest BCUT2D eigenvalue weighted by Gasteiger charge is -2.04. The molecule has 0 aliphatic heterocycles. The Kier molecular flexibility index (Phi) is 3.66. The van der Waals surface area contributed by atoms with E-state index in [9.17, 15) is 4.79 Å². The fourth-order valence-electron chi connectivity index (χ4n) is 1.26. The molecular weight excluding hydrogens is 242 g/mol. The Morgan fingerprint density at radius 3 is 3.06 bits per heavy atom. The first-order chi connectivity index (χ1) is 8.25. The van der Waals surface area contributed by atoms with E-state index in [4.69, 9.17) is 11.6 Å². The van der Waals surface area contributed by atoms with Crippen LogP contribution in [0.15, 0.2) is 30.9 Å². The summed E-state index contributed by atoms with van der Waals surface area (Å²) in [5.74, 6) is -0.299. The molecule has 0 spiro atoms. The van der Waals surface area contributed by atoms with E-state index in [0.717, 1.165) is 0 Å². The summed E-state index contributed by atoms with van der Waals surface area (Å²) in [6, 6.07) is 1.82. The van der Waals surface area contributed by atoms with E-state index in [1.165, 1.54) is 12.4 Å². The molecule has 2 heterocycles. The number of carbonyl (C=O) groups excluding carboxylic acids is 1. The molecule has 2 aromatic heterocycles. The lowest BCUT2D eigenvalue weighted by atomic mass is 10.4. The maximum atomic E-state index is 11.6. The van der Waals surface area contributed by atoms with Gasteiger partial charge in [0.2, 0.25) is 0 Å². The highest BCUT2D eigenvalue weighted by molar-refractivity contribution is 6.29. The van der Waals surface area contributed by atoms with Crippen molar-refractivity contribution in [1.82, 2.24) is 25.1 Å². The number of hydrogen-bond acceptors (Lipinski definition) is 4. The first-order valence-electron chi connectivity index (χ1n) is 4.99. The van der Waals surface area contributed by atoms with Crippen molar-refractivity contribution in [2.75, 3.05) is 6.54 Å². The first-order valence-corrected chi connectivity index (χ1v) is 5.36. The Morgan fingerprint density at radius 2 is 2.35 bits per heavy atom. The smallest absolute Gasteiger partial charge is 0.271 e. The average molecular weight is 252 g/mol. The number of hydrogen-bond donors (Lipinski definition) is 1. The fourth-order valence-corrected chi connectivity index (χ4v) is 1.41. The molecule has 0 saturated carbocycles. The lowest BCUT2D eigenvalue weighted by Crippen LogP contribution is -2.28. The van der Waals surface area contributed by atoms with E-state index >= 15 is 0 Å². The van der Waals surface area contributed by atoms with Crippen molar-refractivity contribution < 1.29 is 4.79 Å². The van der Waals surface area contributed by atoms with Crippen LogP contribution in [0.5, 0.6) is 0 Å². The standard InChI is InChI=1S/C10H10ClN5O/c11-9-7-12-6-8(15-9)10(17)13-3-5-16-4-1-2-14-16/h1-2,4,6-7H,3,5H2,(H,13,17). The second-order valence-electron chi connectivity index (χ2n) is 3.25. The molecule has 2 rings (SSSR count). The van der Waals surface area contributed by atoms with Gasteiger partial charge in [-0.1, -0.05) is 11.6 Å². The number of rotatable bonds is 4. The molecular formula is C10H10ClN5O. The molecule has 0 bridgehead atoms. The normalized spacial score (nSPS) is 10.2. The third-order valence-corrected chi connectivity index (χ3v) is 2.21. The molecule has 88 valence electrons. The van der Waals surface area contributed by atoms with Crippen LogP contribution in [-0.2, 0) is 6.54 Å². The molecule has 2 aromatic rings. The predicted octanol–water partition coefficient (Wildman–Crippen LogP) is 0.756. The Bertz CT molecular complexity index is 499. The Hall–Kier alpha value is -1.95. The van der Waals surface area contributed by atoms with Gasteiger partial charge in [0.25, 0.3) is 5.91 Å². The van der Waals surface area contributed by atoms with Crippen molar-refractivity contribution in [3.63, 3.8) is 0 Å². The topological polar surface area (TPSA) is 72.7 Å². The van der Waals surface area contributed by atoms with Gasteiger partial charge in [-0.3, -0.25) is 14.5 Å². The van der Waals surface area contributed by atoms with Crippen LogP contribution in [0.2, 0.25) is 5.15 Å². The number of nitrogens with one attached hydrogen (secondary N) is 1. The van der Waals surface area contributed by atoms with Crippen molar-refractivity contribution in [2.24, 2.45) is 0 Å². The quantitative estimate of drug-likeness (QED) is 0.871. The van der Waals surface area contributed by atoms with Gasteiger partial charge in [0, 0.05) is 18.9 Å². The molecule has 0 aliphatic carbocycles. The van der Waals surface area contributed by atoms with Crippen LogP contribution in [-0.4, -0.2) is 32.2 Å². The maximum absolute atomic E-state index is 11.6. The highest BCUT2D eigenvalue weighted by Crippen LogP contribution is 2.01. The summed E-state index contributed by atoms with van der Waals surface area (Å²) in [5, 5.41) is 6.92. The molecule has 17 heavy (non-hydrogen) atoms. The second-order valence-corrected chi connectivity index (χ2v) is 3.64. The second kappa shape index (κ2) is 5.40. The predicted molar refractivity (Wildman–Crippen MR) is 61.6 cm³/mol. The largest absolute Gasteiger partial charge is 0.349 e. The summed E-state index contributed by atoms with van der Waals surface area (Å²) in [6.07, 6.45) is 6.26. The van der Waals surface area contributed by atoms with Crippen LogP contribution >= 0.6 is 11.6 Å².